The van der Waals surface area contributed by atoms with Crippen molar-refractivity contribution in [3.8, 4) is 11.5 Å². The maximum atomic E-state index is 12.1. The highest BCUT2D eigenvalue weighted by Gasteiger charge is 2.16. The number of carbonyl (C=O) groups excluding carboxylic acids is 1. The molecule has 0 spiro atoms. The molecule has 1 aliphatic rings. The summed E-state index contributed by atoms with van der Waals surface area (Å²) in [6.45, 7) is 0.735. The molecule has 0 bridgehead atoms. The third kappa shape index (κ3) is 3.54. The molecule has 2 N–H and O–H groups in total. The predicted molar refractivity (Wildman–Crippen MR) is 84.9 cm³/mol. The summed E-state index contributed by atoms with van der Waals surface area (Å²) < 4.78 is 5.23. The van der Waals surface area contributed by atoms with E-state index >= 15 is 0 Å². The first-order valence-electron chi connectivity index (χ1n) is 6.78. The van der Waals surface area contributed by atoms with Gasteiger partial charge >= 0.3 is 0 Å². The lowest BCUT2D eigenvalue weighted by atomic mass is 10.1. The van der Waals surface area contributed by atoms with Gasteiger partial charge in [0.05, 0.1) is 0 Å². The van der Waals surface area contributed by atoms with Crippen LogP contribution in [0.15, 0.2) is 28.7 Å². The fourth-order valence-electron chi connectivity index (χ4n) is 2.23. The van der Waals surface area contributed by atoms with Crippen molar-refractivity contribution in [3.05, 3.63) is 34.7 Å². The van der Waals surface area contributed by atoms with Crippen molar-refractivity contribution >= 4 is 29.9 Å². The van der Waals surface area contributed by atoms with Crippen molar-refractivity contribution in [1.29, 1.82) is 0 Å². The molecule has 21 heavy (non-hydrogen) atoms. The lowest BCUT2D eigenvalue weighted by molar-refractivity contribution is 0.0953. The van der Waals surface area contributed by atoms with E-state index in [4.69, 9.17) is 16.6 Å². The summed E-state index contributed by atoms with van der Waals surface area (Å²) in [6.07, 6.45) is 2.44. The van der Waals surface area contributed by atoms with Crippen LogP contribution >= 0.6 is 24.0 Å². The second-order valence-electron chi connectivity index (χ2n) is 4.84. The molecule has 1 fully saturated rings. The SMILES string of the molecule is O=C(NC[C@@H]1CCCS1)c1ccc(-c2n[nH]c(=S)o2)cc1. The van der Waals surface area contributed by atoms with E-state index in [9.17, 15) is 4.79 Å². The Balaban J connectivity index is 1.63. The smallest absolute Gasteiger partial charge is 0.284 e. The van der Waals surface area contributed by atoms with Crippen LogP contribution in [-0.4, -0.2) is 33.7 Å². The molecule has 3 rings (SSSR count). The molecule has 1 saturated heterocycles. The van der Waals surface area contributed by atoms with Crippen molar-refractivity contribution in [3.63, 3.8) is 0 Å². The van der Waals surface area contributed by atoms with Gasteiger partial charge in [-0.3, -0.25) is 4.79 Å². The minimum absolute atomic E-state index is 0.0445. The molecule has 1 aromatic heterocycles. The lowest BCUT2D eigenvalue weighted by Gasteiger charge is -2.10. The van der Waals surface area contributed by atoms with Gasteiger partial charge in [0, 0.05) is 22.9 Å². The zero-order chi connectivity index (χ0) is 14.7. The number of rotatable bonds is 4. The minimum atomic E-state index is -0.0445. The molecule has 2 heterocycles. The van der Waals surface area contributed by atoms with Crippen LogP contribution in [0.4, 0.5) is 0 Å². The largest absolute Gasteiger partial charge is 0.409 e. The van der Waals surface area contributed by atoms with Crippen LogP contribution in [0.25, 0.3) is 11.5 Å². The van der Waals surface area contributed by atoms with Crippen molar-refractivity contribution in [2.24, 2.45) is 0 Å². The van der Waals surface area contributed by atoms with Crippen molar-refractivity contribution in [1.82, 2.24) is 15.5 Å². The Morgan fingerprint density at radius 1 is 1.48 bits per heavy atom. The van der Waals surface area contributed by atoms with Crippen LogP contribution in [0.3, 0.4) is 0 Å². The van der Waals surface area contributed by atoms with Crippen LogP contribution in [-0.2, 0) is 0 Å². The molecule has 0 radical (unpaired) electrons. The van der Waals surface area contributed by atoms with E-state index in [1.165, 1.54) is 18.6 Å². The average Bonchev–Trinajstić information content (AvgIpc) is 3.16. The quantitative estimate of drug-likeness (QED) is 0.847. The molecule has 1 aromatic carbocycles. The maximum Gasteiger partial charge on any atom is 0.284 e. The van der Waals surface area contributed by atoms with Gasteiger partial charge in [0.1, 0.15) is 0 Å². The number of thioether (sulfide) groups is 1. The highest BCUT2D eigenvalue weighted by Crippen LogP contribution is 2.25. The third-order valence-electron chi connectivity index (χ3n) is 3.35. The summed E-state index contributed by atoms with van der Waals surface area (Å²) in [5.74, 6) is 1.58. The number of nitrogens with one attached hydrogen (secondary N) is 2. The summed E-state index contributed by atoms with van der Waals surface area (Å²) in [7, 11) is 0. The Hall–Kier alpha value is -1.60. The van der Waals surface area contributed by atoms with Crippen molar-refractivity contribution in [2.45, 2.75) is 18.1 Å². The van der Waals surface area contributed by atoms with Gasteiger partial charge in [-0.1, -0.05) is 0 Å². The molecule has 7 heteroatoms. The second-order valence-corrected chi connectivity index (χ2v) is 6.62. The number of hydrogen-bond acceptors (Lipinski definition) is 5. The van der Waals surface area contributed by atoms with Gasteiger partial charge in [0.25, 0.3) is 10.7 Å². The lowest BCUT2D eigenvalue weighted by Crippen LogP contribution is -2.29. The van der Waals surface area contributed by atoms with E-state index in [1.54, 1.807) is 24.3 Å². The Labute approximate surface area is 131 Å². The van der Waals surface area contributed by atoms with Gasteiger partial charge in [0.2, 0.25) is 5.89 Å². The van der Waals surface area contributed by atoms with Gasteiger partial charge in [-0.15, -0.1) is 5.10 Å². The molecule has 5 nitrogen and oxygen atoms in total. The first-order valence-corrected chi connectivity index (χ1v) is 8.24. The van der Waals surface area contributed by atoms with E-state index in [0.29, 0.717) is 16.7 Å². The highest BCUT2D eigenvalue weighted by molar-refractivity contribution is 8.00. The molecule has 1 atom stereocenters. The van der Waals surface area contributed by atoms with Crippen molar-refractivity contribution < 1.29 is 9.21 Å². The number of benzene rings is 1. The number of nitrogens with zero attached hydrogens (tertiary/aromatic N) is 1. The standard InChI is InChI=1S/C14H15N3O2S2/c18-12(15-8-11-2-1-7-21-11)9-3-5-10(6-4-9)13-16-17-14(20)19-13/h3-6,11H,1-2,7-8H2,(H,15,18)(H,17,20)/t11-/m0/s1. The van der Waals surface area contributed by atoms with E-state index < -0.39 is 0 Å². The molecular formula is C14H15N3O2S2. The van der Waals surface area contributed by atoms with Gasteiger partial charge in [0.15, 0.2) is 0 Å². The minimum Gasteiger partial charge on any atom is -0.409 e. The number of amides is 1. The Bertz CT molecular complexity index is 672. The monoisotopic (exact) mass is 321 g/mol. The number of H-pyrrole nitrogens is 1. The fraction of sp³-hybridized carbons (Fsp3) is 0.357. The number of hydrogen-bond donors (Lipinski definition) is 2. The summed E-state index contributed by atoms with van der Waals surface area (Å²) in [4.78, 5) is 12.3. The molecule has 1 aliphatic heterocycles. The zero-order valence-corrected chi connectivity index (χ0v) is 12.9. The topological polar surface area (TPSA) is 70.9 Å². The fourth-order valence-corrected chi connectivity index (χ4v) is 3.56. The third-order valence-corrected chi connectivity index (χ3v) is 4.92. The second kappa shape index (κ2) is 6.44. The van der Waals surface area contributed by atoms with E-state index in [2.05, 4.69) is 15.5 Å². The van der Waals surface area contributed by atoms with E-state index in [-0.39, 0.29) is 10.7 Å². The van der Waals surface area contributed by atoms with Crippen LogP contribution in [0, 0.1) is 4.84 Å². The molecular weight excluding hydrogens is 306 g/mol. The van der Waals surface area contributed by atoms with Gasteiger partial charge in [-0.25, -0.2) is 5.10 Å². The van der Waals surface area contributed by atoms with Crippen LogP contribution in [0.2, 0.25) is 0 Å². The van der Waals surface area contributed by atoms with E-state index in [0.717, 1.165) is 12.1 Å². The normalized spacial score (nSPS) is 17.8. The first-order chi connectivity index (χ1) is 10.2. The van der Waals surface area contributed by atoms with Gasteiger partial charge < -0.3 is 9.73 Å². The van der Waals surface area contributed by atoms with Crippen LogP contribution in [0.1, 0.15) is 23.2 Å². The highest BCUT2D eigenvalue weighted by atomic mass is 32.2. The Morgan fingerprint density at radius 3 is 2.90 bits per heavy atom. The van der Waals surface area contributed by atoms with Gasteiger partial charge in [-0.05, 0) is 55.1 Å². The zero-order valence-electron chi connectivity index (χ0n) is 11.3. The maximum absolute atomic E-state index is 12.1. The molecule has 0 saturated carbocycles. The average molecular weight is 321 g/mol. The summed E-state index contributed by atoms with van der Waals surface area (Å²) in [5.41, 5.74) is 1.42. The summed E-state index contributed by atoms with van der Waals surface area (Å²) >= 11 is 6.77. The van der Waals surface area contributed by atoms with Crippen LogP contribution < -0.4 is 5.32 Å². The molecule has 0 unspecified atom stereocenters. The molecule has 1 amide bonds. The Morgan fingerprint density at radius 2 is 2.29 bits per heavy atom. The summed E-state index contributed by atoms with van der Waals surface area (Å²) in [6, 6.07) is 7.13. The predicted octanol–water partition coefficient (Wildman–Crippen LogP) is 3.02. The van der Waals surface area contributed by atoms with Crippen molar-refractivity contribution in [2.75, 3.05) is 12.3 Å². The van der Waals surface area contributed by atoms with Crippen LogP contribution in [0.5, 0.6) is 0 Å². The molecule has 0 aliphatic carbocycles. The molecule has 2 aromatic rings. The Kier molecular flexibility index (Phi) is 4.40. The first kappa shape index (κ1) is 14.3. The number of aromatic nitrogens is 2. The summed E-state index contributed by atoms with van der Waals surface area (Å²) in [5, 5.41) is 10.1. The molecule has 110 valence electrons. The number of aromatic amines is 1. The van der Waals surface area contributed by atoms with E-state index in [1.807, 2.05) is 11.8 Å². The number of carbonyl (C=O) groups is 1. The van der Waals surface area contributed by atoms with Gasteiger partial charge in [-0.2, -0.15) is 11.8 Å².